The highest BCUT2D eigenvalue weighted by Gasteiger charge is 2.21. The largest absolute Gasteiger partial charge is 0.455 e. The molecule has 62 heavy (non-hydrogen) atoms. The molecular formula is C60H39NO. The van der Waals surface area contributed by atoms with E-state index in [4.69, 9.17) is 4.42 Å². The molecule has 0 bridgehead atoms. The van der Waals surface area contributed by atoms with Crippen LogP contribution in [0.15, 0.2) is 241 Å². The monoisotopic (exact) mass is 789 g/mol. The van der Waals surface area contributed by atoms with Gasteiger partial charge in [0.2, 0.25) is 0 Å². The van der Waals surface area contributed by atoms with Gasteiger partial charge in [-0.05, 0) is 126 Å². The number of rotatable bonds is 7. The number of benzene rings is 11. The number of hydrogen-bond acceptors (Lipinski definition) is 2. The average molecular weight is 790 g/mol. The number of anilines is 3. The Morgan fingerprint density at radius 2 is 0.806 bits per heavy atom. The number of hydrogen-bond donors (Lipinski definition) is 0. The maximum atomic E-state index is 6.71. The number of nitrogens with zero attached hydrogens (tertiary/aromatic N) is 1. The van der Waals surface area contributed by atoms with Crippen molar-refractivity contribution in [2.75, 3.05) is 4.90 Å². The van der Waals surface area contributed by atoms with E-state index in [0.29, 0.717) is 0 Å². The van der Waals surface area contributed by atoms with E-state index < -0.39 is 0 Å². The molecule has 11 aromatic carbocycles. The Labute approximate surface area is 360 Å². The first-order chi connectivity index (χ1) is 30.7. The Balaban J connectivity index is 0.982. The summed E-state index contributed by atoms with van der Waals surface area (Å²) < 4.78 is 6.71. The summed E-state index contributed by atoms with van der Waals surface area (Å²) >= 11 is 0. The zero-order chi connectivity index (χ0) is 41.0. The van der Waals surface area contributed by atoms with E-state index in [9.17, 15) is 0 Å². The molecule has 0 aliphatic heterocycles. The van der Waals surface area contributed by atoms with Crippen LogP contribution in [0.25, 0.3) is 98.8 Å². The quantitative estimate of drug-likeness (QED) is 0.150. The second-order valence-corrected chi connectivity index (χ2v) is 16.1. The van der Waals surface area contributed by atoms with Gasteiger partial charge in [-0.1, -0.05) is 182 Å². The van der Waals surface area contributed by atoms with Gasteiger partial charge in [0.15, 0.2) is 0 Å². The van der Waals surface area contributed by atoms with Crippen LogP contribution in [0, 0.1) is 0 Å². The van der Waals surface area contributed by atoms with Crippen molar-refractivity contribution >= 4 is 71.3 Å². The summed E-state index contributed by atoms with van der Waals surface area (Å²) in [5.41, 5.74) is 14.5. The summed E-state index contributed by atoms with van der Waals surface area (Å²) in [7, 11) is 0. The molecule has 0 saturated carbocycles. The summed E-state index contributed by atoms with van der Waals surface area (Å²) in [6.07, 6.45) is 0. The van der Waals surface area contributed by atoms with Crippen LogP contribution < -0.4 is 4.90 Å². The fraction of sp³-hybridized carbons (Fsp3) is 0. The van der Waals surface area contributed by atoms with Gasteiger partial charge in [0.1, 0.15) is 11.2 Å². The predicted molar refractivity (Wildman–Crippen MR) is 263 cm³/mol. The minimum absolute atomic E-state index is 0.864. The van der Waals surface area contributed by atoms with Crippen molar-refractivity contribution < 1.29 is 4.42 Å². The molecular weight excluding hydrogens is 751 g/mol. The van der Waals surface area contributed by atoms with Crippen LogP contribution in [0.5, 0.6) is 0 Å². The van der Waals surface area contributed by atoms with E-state index in [1.54, 1.807) is 0 Å². The van der Waals surface area contributed by atoms with Crippen LogP contribution in [0.1, 0.15) is 0 Å². The van der Waals surface area contributed by atoms with Gasteiger partial charge < -0.3 is 9.32 Å². The summed E-state index contributed by atoms with van der Waals surface area (Å²) in [4.78, 5) is 2.38. The third-order valence-corrected chi connectivity index (χ3v) is 12.5. The first kappa shape index (κ1) is 35.7. The van der Waals surface area contributed by atoms with E-state index in [-0.39, 0.29) is 0 Å². The smallest absolute Gasteiger partial charge is 0.143 e. The first-order valence-corrected chi connectivity index (χ1v) is 21.2. The summed E-state index contributed by atoms with van der Waals surface area (Å²) in [5.74, 6) is 0. The predicted octanol–water partition coefficient (Wildman–Crippen LogP) is 17.2. The Morgan fingerprint density at radius 3 is 1.52 bits per heavy atom. The summed E-state index contributed by atoms with van der Waals surface area (Å²) in [6.45, 7) is 0. The lowest BCUT2D eigenvalue weighted by Crippen LogP contribution is -2.10. The lowest BCUT2D eigenvalue weighted by Gasteiger charge is -2.27. The van der Waals surface area contributed by atoms with E-state index in [2.05, 4.69) is 241 Å². The van der Waals surface area contributed by atoms with Gasteiger partial charge in [-0.15, -0.1) is 0 Å². The van der Waals surface area contributed by atoms with Gasteiger partial charge in [0.25, 0.3) is 0 Å². The summed E-state index contributed by atoms with van der Waals surface area (Å²) in [6, 6.07) is 85.4. The molecule has 0 aliphatic carbocycles. The van der Waals surface area contributed by atoms with Crippen molar-refractivity contribution in [2.24, 2.45) is 0 Å². The molecule has 0 aliphatic rings. The maximum absolute atomic E-state index is 6.71. The highest BCUT2D eigenvalue weighted by atomic mass is 16.3. The summed E-state index contributed by atoms with van der Waals surface area (Å²) in [5, 5.41) is 9.52. The third kappa shape index (κ3) is 6.12. The van der Waals surface area contributed by atoms with E-state index in [1.165, 1.54) is 60.5 Å². The molecule has 290 valence electrons. The van der Waals surface area contributed by atoms with Crippen molar-refractivity contribution in [3.63, 3.8) is 0 Å². The topological polar surface area (TPSA) is 16.4 Å². The van der Waals surface area contributed by atoms with Gasteiger partial charge in [-0.2, -0.15) is 0 Å². The lowest BCUT2D eigenvalue weighted by atomic mass is 9.91. The molecule has 0 radical (unpaired) electrons. The molecule has 0 spiro atoms. The van der Waals surface area contributed by atoms with Crippen LogP contribution in [0.4, 0.5) is 17.1 Å². The van der Waals surface area contributed by atoms with Crippen LogP contribution in [0.2, 0.25) is 0 Å². The van der Waals surface area contributed by atoms with Crippen LogP contribution in [0.3, 0.4) is 0 Å². The van der Waals surface area contributed by atoms with E-state index in [1.807, 2.05) is 0 Å². The van der Waals surface area contributed by atoms with Gasteiger partial charge in [-0.25, -0.2) is 0 Å². The SMILES string of the molecule is c1ccc(-c2ccc(-c3ccc(N(c4ccc(-c5ccc6c(ccc7ccccc76)c5)cc4)c4cccc5oc6c7ccccc7ccc6c45)cc3)cc2-c2ccccc2)cc1. The van der Waals surface area contributed by atoms with Crippen LogP contribution in [-0.4, -0.2) is 0 Å². The standard InChI is InChI=1S/C60H39NO/c1-3-12-42(13-4-1)52-35-30-47(39-56(52)43-14-5-2-6-15-43)41-26-33-50(34-27-41)61(57-20-11-21-58-59(57)55-37-28-45-17-8-10-19-54(45)60(55)62-58)49-31-24-40(25-32-49)46-29-36-53-48(38-46)23-22-44-16-7-9-18-51(44)53/h1-39H. The van der Waals surface area contributed by atoms with Gasteiger partial charge >= 0.3 is 0 Å². The van der Waals surface area contributed by atoms with Crippen molar-refractivity contribution in [3.05, 3.63) is 237 Å². The van der Waals surface area contributed by atoms with Crippen molar-refractivity contribution in [2.45, 2.75) is 0 Å². The van der Waals surface area contributed by atoms with E-state index in [0.717, 1.165) is 55.3 Å². The second kappa shape index (κ2) is 14.8. The molecule has 1 heterocycles. The number of fused-ring (bicyclic) bond motifs is 8. The first-order valence-electron chi connectivity index (χ1n) is 21.2. The minimum Gasteiger partial charge on any atom is -0.455 e. The average Bonchev–Trinajstić information content (AvgIpc) is 3.75. The van der Waals surface area contributed by atoms with Crippen LogP contribution >= 0.6 is 0 Å². The fourth-order valence-electron chi connectivity index (χ4n) is 9.40. The van der Waals surface area contributed by atoms with Gasteiger partial charge in [-0.3, -0.25) is 0 Å². The molecule has 0 unspecified atom stereocenters. The molecule has 2 heteroatoms. The molecule has 0 saturated heterocycles. The zero-order valence-corrected chi connectivity index (χ0v) is 33.9. The highest BCUT2D eigenvalue weighted by Crippen LogP contribution is 2.45. The molecule has 12 aromatic rings. The normalized spacial score (nSPS) is 11.5. The Morgan fingerprint density at radius 1 is 0.290 bits per heavy atom. The maximum Gasteiger partial charge on any atom is 0.143 e. The van der Waals surface area contributed by atoms with Crippen LogP contribution in [-0.2, 0) is 0 Å². The van der Waals surface area contributed by atoms with Gasteiger partial charge in [0.05, 0.1) is 11.1 Å². The molecule has 0 N–H and O–H groups in total. The number of furan rings is 1. The minimum atomic E-state index is 0.864. The molecule has 2 nitrogen and oxygen atoms in total. The lowest BCUT2D eigenvalue weighted by molar-refractivity contribution is 0.672. The molecule has 12 rings (SSSR count). The molecule has 0 atom stereocenters. The van der Waals surface area contributed by atoms with Crippen molar-refractivity contribution in [3.8, 4) is 44.5 Å². The highest BCUT2D eigenvalue weighted by molar-refractivity contribution is 6.19. The Kier molecular flexibility index (Phi) is 8.53. The van der Waals surface area contributed by atoms with E-state index >= 15 is 0 Å². The molecule has 0 amide bonds. The molecule has 0 fully saturated rings. The van der Waals surface area contributed by atoms with Gasteiger partial charge in [0, 0.05) is 22.1 Å². The molecule has 1 aromatic heterocycles. The Bertz CT molecular complexity index is 3610. The Hall–Kier alpha value is -8.20. The third-order valence-electron chi connectivity index (χ3n) is 12.5. The second-order valence-electron chi connectivity index (χ2n) is 16.1. The zero-order valence-electron chi connectivity index (χ0n) is 33.9. The fourth-order valence-corrected chi connectivity index (χ4v) is 9.40. The van der Waals surface area contributed by atoms with Crippen molar-refractivity contribution in [1.82, 2.24) is 0 Å². The van der Waals surface area contributed by atoms with Crippen molar-refractivity contribution in [1.29, 1.82) is 0 Å².